The van der Waals surface area contributed by atoms with Gasteiger partial charge in [-0.15, -0.1) is 0 Å². The van der Waals surface area contributed by atoms with Crippen LogP contribution in [0, 0.1) is 16.0 Å². The molecule has 8 nitrogen and oxygen atoms in total. The van der Waals surface area contributed by atoms with Crippen molar-refractivity contribution in [1.29, 1.82) is 0 Å². The number of nitro groups is 1. The van der Waals surface area contributed by atoms with Gasteiger partial charge in [0.05, 0.1) is 4.92 Å². The minimum atomic E-state index is -0.583. The monoisotopic (exact) mass is 383 g/mol. The van der Waals surface area contributed by atoms with Crippen LogP contribution in [0.25, 0.3) is 0 Å². The Labute approximate surface area is 156 Å². The zero-order valence-electron chi connectivity index (χ0n) is 15.0. The highest BCUT2D eigenvalue weighted by molar-refractivity contribution is 6.33. The van der Waals surface area contributed by atoms with E-state index in [2.05, 4.69) is 5.32 Å². The molecule has 9 heteroatoms. The van der Waals surface area contributed by atoms with Gasteiger partial charge in [-0.3, -0.25) is 14.9 Å². The van der Waals surface area contributed by atoms with E-state index in [1.807, 2.05) is 0 Å². The number of ether oxygens (including phenoxy) is 1. The molecule has 1 N–H and O–H groups in total. The van der Waals surface area contributed by atoms with Crippen molar-refractivity contribution in [3.63, 3.8) is 0 Å². The molecule has 0 atom stereocenters. The van der Waals surface area contributed by atoms with E-state index < -0.39 is 10.5 Å². The maximum atomic E-state index is 12.4. The van der Waals surface area contributed by atoms with E-state index in [0.717, 1.165) is 0 Å². The number of hydrogen-bond donors (Lipinski definition) is 1. The molecule has 0 aromatic heterocycles. The molecule has 1 aliphatic heterocycles. The van der Waals surface area contributed by atoms with Gasteiger partial charge in [-0.05, 0) is 45.7 Å². The van der Waals surface area contributed by atoms with Crippen molar-refractivity contribution >= 4 is 35.0 Å². The minimum absolute atomic E-state index is 0.0347. The van der Waals surface area contributed by atoms with Crippen LogP contribution < -0.4 is 5.32 Å². The van der Waals surface area contributed by atoms with Gasteiger partial charge in [0, 0.05) is 30.8 Å². The highest BCUT2D eigenvalue weighted by Crippen LogP contribution is 2.28. The molecule has 1 saturated heterocycles. The predicted molar refractivity (Wildman–Crippen MR) is 97.3 cm³/mol. The van der Waals surface area contributed by atoms with Crippen LogP contribution in [0.4, 0.5) is 16.2 Å². The van der Waals surface area contributed by atoms with E-state index in [4.69, 9.17) is 16.3 Å². The third kappa shape index (κ3) is 5.32. The summed E-state index contributed by atoms with van der Waals surface area (Å²) in [4.78, 5) is 36.2. The van der Waals surface area contributed by atoms with E-state index in [1.165, 1.54) is 18.2 Å². The number of likely N-dealkylation sites (tertiary alicyclic amines) is 1. The number of rotatable bonds is 3. The summed E-state index contributed by atoms with van der Waals surface area (Å²) in [5.74, 6) is -0.443. The van der Waals surface area contributed by atoms with Crippen molar-refractivity contribution in [2.45, 2.75) is 39.2 Å². The molecule has 26 heavy (non-hydrogen) atoms. The molecule has 2 amide bonds. The van der Waals surface area contributed by atoms with E-state index >= 15 is 0 Å². The van der Waals surface area contributed by atoms with Crippen LogP contribution in [-0.4, -0.2) is 40.5 Å². The van der Waals surface area contributed by atoms with Gasteiger partial charge in [0.1, 0.15) is 10.6 Å². The second-order valence-corrected chi connectivity index (χ2v) is 7.56. The fourth-order valence-corrected chi connectivity index (χ4v) is 2.88. The number of amides is 2. The first-order valence-corrected chi connectivity index (χ1v) is 8.67. The second-order valence-electron chi connectivity index (χ2n) is 7.15. The van der Waals surface area contributed by atoms with Crippen LogP contribution >= 0.6 is 11.6 Å². The van der Waals surface area contributed by atoms with E-state index in [9.17, 15) is 19.7 Å². The first kappa shape index (κ1) is 20.0. The average Bonchev–Trinajstić information content (AvgIpc) is 2.53. The Balaban J connectivity index is 1.90. The quantitative estimate of drug-likeness (QED) is 0.631. The van der Waals surface area contributed by atoms with Gasteiger partial charge < -0.3 is 15.0 Å². The first-order valence-electron chi connectivity index (χ1n) is 8.29. The number of anilines is 1. The Kier molecular flexibility index (Phi) is 6.07. The maximum absolute atomic E-state index is 12.4. The zero-order chi connectivity index (χ0) is 19.5. The molecule has 0 aliphatic carbocycles. The van der Waals surface area contributed by atoms with Crippen molar-refractivity contribution in [2.24, 2.45) is 5.92 Å². The first-order chi connectivity index (χ1) is 12.1. The normalized spacial score (nSPS) is 15.5. The van der Waals surface area contributed by atoms with Crippen LogP contribution in [0.3, 0.4) is 0 Å². The van der Waals surface area contributed by atoms with Crippen molar-refractivity contribution in [1.82, 2.24) is 4.90 Å². The van der Waals surface area contributed by atoms with E-state index in [0.29, 0.717) is 31.6 Å². The minimum Gasteiger partial charge on any atom is -0.444 e. The number of hydrogen-bond acceptors (Lipinski definition) is 5. The van der Waals surface area contributed by atoms with Gasteiger partial charge in [0.25, 0.3) is 5.69 Å². The van der Waals surface area contributed by atoms with Crippen molar-refractivity contribution < 1.29 is 19.2 Å². The lowest BCUT2D eigenvalue weighted by molar-refractivity contribution is -0.384. The van der Waals surface area contributed by atoms with Gasteiger partial charge >= 0.3 is 6.09 Å². The van der Waals surface area contributed by atoms with Crippen molar-refractivity contribution in [2.75, 3.05) is 18.4 Å². The highest BCUT2D eigenvalue weighted by Gasteiger charge is 2.30. The van der Waals surface area contributed by atoms with Gasteiger partial charge in [-0.25, -0.2) is 4.79 Å². The summed E-state index contributed by atoms with van der Waals surface area (Å²) in [7, 11) is 0. The maximum Gasteiger partial charge on any atom is 0.410 e. The topological polar surface area (TPSA) is 102 Å². The van der Waals surface area contributed by atoms with Crippen LogP contribution in [-0.2, 0) is 9.53 Å². The van der Waals surface area contributed by atoms with Crippen LogP contribution in [0.1, 0.15) is 33.6 Å². The molecule has 0 saturated carbocycles. The molecule has 1 aromatic carbocycles. The molecule has 1 fully saturated rings. The fraction of sp³-hybridized carbons (Fsp3) is 0.529. The molecule has 1 heterocycles. The summed E-state index contributed by atoms with van der Waals surface area (Å²) in [6.45, 7) is 6.29. The fourth-order valence-electron chi connectivity index (χ4n) is 2.63. The second kappa shape index (κ2) is 7.90. The number of nitro benzene ring substituents is 1. The summed E-state index contributed by atoms with van der Waals surface area (Å²) in [6, 6.07) is 4.05. The van der Waals surface area contributed by atoms with Crippen molar-refractivity contribution in [3.05, 3.63) is 33.3 Å². The highest BCUT2D eigenvalue weighted by atomic mass is 35.5. The van der Waals surface area contributed by atoms with E-state index in [-0.39, 0.29) is 28.6 Å². The summed E-state index contributed by atoms with van der Waals surface area (Å²) < 4.78 is 5.33. The molecule has 142 valence electrons. The molecular weight excluding hydrogens is 362 g/mol. The molecule has 0 unspecified atom stereocenters. The Morgan fingerprint density at radius 3 is 2.42 bits per heavy atom. The van der Waals surface area contributed by atoms with Crippen LogP contribution in [0.15, 0.2) is 18.2 Å². The van der Waals surface area contributed by atoms with Gasteiger partial charge in [-0.1, -0.05) is 11.6 Å². The van der Waals surface area contributed by atoms with Crippen molar-refractivity contribution in [3.8, 4) is 0 Å². The van der Waals surface area contributed by atoms with Gasteiger partial charge in [0.2, 0.25) is 5.91 Å². The number of benzene rings is 1. The summed E-state index contributed by atoms with van der Waals surface area (Å²) in [5.41, 5.74) is -0.365. The number of piperidine rings is 1. The molecule has 1 aliphatic rings. The zero-order valence-corrected chi connectivity index (χ0v) is 15.7. The van der Waals surface area contributed by atoms with E-state index in [1.54, 1.807) is 25.7 Å². The smallest absolute Gasteiger partial charge is 0.410 e. The molecule has 0 radical (unpaired) electrons. The van der Waals surface area contributed by atoms with Gasteiger partial charge in [-0.2, -0.15) is 0 Å². The molecule has 0 spiro atoms. The predicted octanol–water partition coefficient (Wildman–Crippen LogP) is 3.83. The number of carbonyl (C=O) groups is 2. The lowest BCUT2D eigenvalue weighted by Gasteiger charge is -2.32. The SMILES string of the molecule is CC(C)(C)OC(=O)N1CCC(C(=O)Nc2ccc([N+](=O)[O-])c(Cl)c2)CC1. The molecule has 1 aromatic rings. The Hall–Kier alpha value is -2.35. The average molecular weight is 384 g/mol. The summed E-state index contributed by atoms with van der Waals surface area (Å²) in [5, 5.41) is 13.5. The summed E-state index contributed by atoms with van der Waals surface area (Å²) >= 11 is 5.85. The summed E-state index contributed by atoms with van der Waals surface area (Å²) in [6.07, 6.45) is 0.663. The number of nitrogens with one attached hydrogen (secondary N) is 1. The molecule has 0 bridgehead atoms. The van der Waals surface area contributed by atoms with Crippen LogP contribution in [0.2, 0.25) is 5.02 Å². The Bertz CT molecular complexity index is 709. The third-order valence-electron chi connectivity index (χ3n) is 3.93. The molecule has 2 rings (SSSR count). The number of nitrogens with zero attached hydrogens (tertiary/aromatic N) is 2. The third-order valence-corrected chi connectivity index (χ3v) is 4.23. The lowest BCUT2D eigenvalue weighted by atomic mass is 9.96. The standard InChI is InChI=1S/C17H22ClN3O5/c1-17(2,3)26-16(23)20-8-6-11(7-9-20)15(22)19-12-4-5-14(21(24)25)13(18)10-12/h4-5,10-11H,6-9H2,1-3H3,(H,19,22). The molecular formula is C17H22ClN3O5. The van der Waals surface area contributed by atoms with Crippen LogP contribution in [0.5, 0.6) is 0 Å². The number of halogens is 1. The number of carbonyl (C=O) groups excluding carboxylic acids is 2. The lowest BCUT2D eigenvalue weighted by Crippen LogP contribution is -2.43. The Morgan fingerprint density at radius 2 is 1.92 bits per heavy atom. The van der Waals surface area contributed by atoms with Gasteiger partial charge in [0.15, 0.2) is 0 Å². The largest absolute Gasteiger partial charge is 0.444 e. The Morgan fingerprint density at radius 1 is 1.31 bits per heavy atom.